The lowest BCUT2D eigenvalue weighted by molar-refractivity contribution is 0.0946. The molecule has 140 valence electrons. The lowest BCUT2D eigenvalue weighted by atomic mass is 10.1. The Morgan fingerprint density at radius 1 is 1.15 bits per heavy atom. The summed E-state index contributed by atoms with van der Waals surface area (Å²) < 4.78 is 5.19. The average molecular weight is 384 g/mol. The Morgan fingerprint density at radius 2 is 2.00 bits per heavy atom. The summed E-state index contributed by atoms with van der Waals surface area (Å²) in [5.74, 6) is 0.528. The molecular formula is C19H20N4O3S. The Kier molecular flexibility index (Phi) is 5.97. The monoisotopic (exact) mass is 384 g/mol. The first-order valence-electron chi connectivity index (χ1n) is 8.55. The summed E-state index contributed by atoms with van der Waals surface area (Å²) in [5.41, 5.74) is 0.961. The molecule has 0 aliphatic rings. The van der Waals surface area contributed by atoms with Crippen molar-refractivity contribution in [3.8, 4) is 0 Å². The van der Waals surface area contributed by atoms with Gasteiger partial charge in [-0.1, -0.05) is 31.3 Å². The average Bonchev–Trinajstić information content (AvgIpc) is 3.31. The van der Waals surface area contributed by atoms with Gasteiger partial charge in [0.1, 0.15) is 10.8 Å². The van der Waals surface area contributed by atoms with Crippen LogP contribution in [-0.2, 0) is 13.0 Å². The standard InChI is InChI=1S/C19H20N4O3S/c1-12(2)9-16-22-23-19(27-16)18(25)21-14-6-3-5-13(10-14)17(24)20-11-15-7-4-8-26-15/h3-8,10,12H,9,11H2,1-2H3,(H,20,24)(H,21,25). The molecule has 2 amide bonds. The zero-order valence-electron chi connectivity index (χ0n) is 15.1. The van der Waals surface area contributed by atoms with E-state index in [1.807, 2.05) is 0 Å². The van der Waals surface area contributed by atoms with Gasteiger partial charge < -0.3 is 15.1 Å². The van der Waals surface area contributed by atoms with Gasteiger partial charge in [-0.05, 0) is 36.2 Å². The third-order valence-electron chi connectivity index (χ3n) is 3.63. The largest absolute Gasteiger partial charge is 0.467 e. The van der Waals surface area contributed by atoms with Crippen LogP contribution in [0.25, 0.3) is 0 Å². The fourth-order valence-corrected chi connectivity index (χ4v) is 3.33. The smallest absolute Gasteiger partial charge is 0.286 e. The molecule has 0 atom stereocenters. The van der Waals surface area contributed by atoms with Crippen molar-refractivity contribution < 1.29 is 14.0 Å². The molecule has 0 spiro atoms. The Balaban J connectivity index is 1.62. The van der Waals surface area contributed by atoms with Crippen LogP contribution in [-0.4, -0.2) is 22.0 Å². The predicted molar refractivity (Wildman–Crippen MR) is 103 cm³/mol. The van der Waals surface area contributed by atoms with Gasteiger partial charge >= 0.3 is 0 Å². The fraction of sp³-hybridized carbons (Fsp3) is 0.263. The van der Waals surface area contributed by atoms with Crippen molar-refractivity contribution in [1.82, 2.24) is 15.5 Å². The van der Waals surface area contributed by atoms with E-state index >= 15 is 0 Å². The Labute approximate surface area is 160 Å². The highest BCUT2D eigenvalue weighted by Gasteiger charge is 2.15. The second-order valence-electron chi connectivity index (χ2n) is 6.40. The first kappa shape index (κ1) is 18.8. The van der Waals surface area contributed by atoms with Gasteiger partial charge in [-0.2, -0.15) is 0 Å². The van der Waals surface area contributed by atoms with Gasteiger partial charge in [-0.25, -0.2) is 0 Å². The van der Waals surface area contributed by atoms with Gasteiger partial charge in [0, 0.05) is 17.7 Å². The van der Waals surface area contributed by atoms with Crippen molar-refractivity contribution in [2.75, 3.05) is 5.32 Å². The maximum atomic E-state index is 12.4. The summed E-state index contributed by atoms with van der Waals surface area (Å²) in [7, 11) is 0. The molecule has 0 unspecified atom stereocenters. The van der Waals surface area contributed by atoms with Crippen molar-refractivity contribution in [2.45, 2.75) is 26.8 Å². The van der Waals surface area contributed by atoms with Crippen LogP contribution < -0.4 is 10.6 Å². The van der Waals surface area contributed by atoms with E-state index in [2.05, 4.69) is 34.7 Å². The minimum Gasteiger partial charge on any atom is -0.467 e. The van der Waals surface area contributed by atoms with Gasteiger partial charge in [0.2, 0.25) is 5.01 Å². The van der Waals surface area contributed by atoms with Crippen LogP contribution >= 0.6 is 11.3 Å². The summed E-state index contributed by atoms with van der Waals surface area (Å²) in [6.45, 7) is 4.47. The normalized spacial score (nSPS) is 10.8. The van der Waals surface area contributed by atoms with E-state index < -0.39 is 0 Å². The topological polar surface area (TPSA) is 97.1 Å². The van der Waals surface area contributed by atoms with E-state index in [-0.39, 0.29) is 11.8 Å². The molecule has 2 N–H and O–H groups in total. The number of benzene rings is 1. The maximum Gasteiger partial charge on any atom is 0.286 e. The molecule has 0 aliphatic heterocycles. The van der Waals surface area contributed by atoms with Crippen molar-refractivity contribution in [2.24, 2.45) is 5.92 Å². The lowest BCUT2D eigenvalue weighted by Gasteiger charge is -2.07. The molecule has 0 aliphatic carbocycles. The quantitative estimate of drug-likeness (QED) is 0.650. The van der Waals surface area contributed by atoms with E-state index in [1.165, 1.54) is 11.3 Å². The van der Waals surface area contributed by atoms with Crippen molar-refractivity contribution in [3.05, 3.63) is 64.0 Å². The van der Waals surface area contributed by atoms with Gasteiger partial charge in [-0.3, -0.25) is 9.59 Å². The van der Waals surface area contributed by atoms with Crippen LogP contribution in [0.5, 0.6) is 0 Å². The highest BCUT2D eigenvalue weighted by molar-refractivity contribution is 7.13. The summed E-state index contributed by atoms with van der Waals surface area (Å²) in [6, 6.07) is 10.3. The molecule has 1 aromatic carbocycles. The maximum absolute atomic E-state index is 12.4. The lowest BCUT2D eigenvalue weighted by Crippen LogP contribution is -2.22. The molecule has 0 saturated heterocycles. The first-order chi connectivity index (χ1) is 13.0. The Hall–Kier alpha value is -3.00. The number of amides is 2. The van der Waals surface area contributed by atoms with Crippen molar-refractivity contribution >= 4 is 28.8 Å². The number of hydrogen-bond donors (Lipinski definition) is 2. The van der Waals surface area contributed by atoms with Gasteiger partial charge in [0.05, 0.1) is 12.8 Å². The number of nitrogens with zero attached hydrogens (tertiary/aromatic N) is 2. The molecule has 3 aromatic rings. The van der Waals surface area contributed by atoms with Crippen LogP contribution in [0.1, 0.15) is 44.8 Å². The molecule has 3 rings (SSSR count). The van der Waals surface area contributed by atoms with E-state index in [4.69, 9.17) is 4.42 Å². The molecule has 2 aromatic heterocycles. The molecule has 0 saturated carbocycles. The highest BCUT2D eigenvalue weighted by Crippen LogP contribution is 2.17. The fourth-order valence-electron chi connectivity index (χ4n) is 2.38. The third-order valence-corrected chi connectivity index (χ3v) is 4.57. The minimum absolute atomic E-state index is 0.252. The van der Waals surface area contributed by atoms with Crippen LogP contribution in [0.3, 0.4) is 0 Å². The number of aromatic nitrogens is 2. The Morgan fingerprint density at radius 3 is 2.74 bits per heavy atom. The number of anilines is 1. The second-order valence-corrected chi connectivity index (χ2v) is 7.46. The molecule has 7 nitrogen and oxygen atoms in total. The van der Waals surface area contributed by atoms with Crippen LogP contribution in [0.2, 0.25) is 0 Å². The molecule has 27 heavy (non-hydrogen) atoms. The van der Waals surface area contributed by atoms with Gasteiger partial charge in [0.25, 0.3) is 11.8 Å². The molecule has 0 bridgehead atoms. The van der Waals surface area contributed by atoms with Crippen molar-refractivity contribution in [1.29, 1.82) is 0 Å². The van der Waals surface area contributed by atoms with E-state index in [0.717, 1.165) is 11.4 Å². The minimum atomic E-state index is -0.337. The SMILES string of the molecule is CC(C)Cc1nnc(C(=O)Nc2cccc(C(=O)NCc3ccco3)c2)s1. The molecule has 8 heteroatoms. The molecule has 0 fully saturated rings. The first-order valence-corrected chi connectivity index (χ1v) is 9.37. The zero-order valence-corrected chi connectivity index (χ0v) is 15.9. The van der Waals surface area contributed by atoms with Crippen LogP contribution in [0.15, 0.2) is 47.1 Å². The van der Waals surface area contributed by atoms with E-state index in [0.29, 0.717) is 34.5 Å². The van der Waals surface area contributed by atoms with E-state index in [1.54, 1.807) is 42.7 Å². The number of furan rings is 1. The predicted octanol–water partition coefficient (Wildman–Crippen LogP) is 3.51. The summed E-state index contributed by atoms with van der Waals surface area (Å²) in [5, 5.41) is 14.7. The highest BCUT2D eigenvalue weighted by atomic mass is 32.1. The number of rotatable bonds is 7. The van der Waals surface area contributed by atoms with Crippen LogP contribution in [0.4, 0.5) is 5.69 Å². The summed E-state index contributed by atoms with van der Waals surface area (Å²) >= 11 is 1.28. The molecule has 0 radical (unpaired) electrons. The van der Waals surface area contributed by atoms with Crippen LogP contribution in [0, 0.1) is 5.92 Å². The summed E-state index contributed by atoms with van der Waals surface area (Å²) in [6.07, 6.45) is 2.34. The summed E-state index contributed by atoms with van der Waals surface area (Å²) in [4.78, 5) is 24.6. The number of carbonyl (C=O) groups excluding carboxylic acids is 2. The zero-order chi connectivity index (χ0) is 19.2. The van der Waals surface area contributed by atoms with Gasteiger partial charge in [-0.15, -0.1) is 10.2 Å². The number of nitrogens with one attached hydrogen (secondary N) is 2. The Bertz CT molecular complexity index is 919. The molecule has 2 heterocycles. The second kappa shape index (κ2) is 8.59. The third kappa shape index (κ3) is 5.24. The number of carbonyl (C=O) groups is 2. The van der Waals surface area contributed by atoms with E-state index in [9.17, 15) is 9.59 Å². The van der Waals surface area contributed by atoms with Crippen molar-refractivity contribution in [3.63, 3.8) is 0 Å². The number of hydrogen-bond acceptors (Lipinski definition) is 6. The molecular weight excluding hydrogens is 364 g/mol. The van der Waals surface area contributed by atoms with Gasteiger partial charge in [0.15, 0.2) is 0 Å².